The van der Waals surface area contributed by atoms with Crippen molar-refractivity contribution < 1.29 is 9.50 Å². The number of hydrogen-bond donors (Lipinski definition) is 2. The van der Waals surface area contributed by atoms with E-state index in [4.69, 9.17) is 23.2 Å². The normalized spacial score (nSPS) is 16.4. The molecule has 0 aliphatic heterocycles. The summed E-state index contributed by atoms with van der Waals surface area (Å²) < 4.78 is 13.4. The zero-order valence-electron chi connectivity index (χ0n) is 10.7. The highest BCUT2D eigenvalue weighted by atomic mass is 35.5. The van der Waals surface area contributed by atoms with E-state index in [0.29, 0.717) is 17.0 Å². The van der Waals surface area contributed by atoms with Crippen LogP contribution in [0.5, 0.6) is 0 Å². The maximum atomic E-state index is 13.4. The molecule has 1 aromatic carbocycles. The molecule has 1 aromatic rings. The van der Waals surface area contributed by atoms with E-state index in [9.17, 15) is 9.50 Å². The van der Waals surface area contributed by atoms with Crippen LogP contribution in [-0.2, 0) is 0 Å². The zero-order valence-corrected chi connectivity index (χ0v) is 12.2. The lowest BCUT2D eigenvalue weighted by Crippen LogP contribution is -2.31. The van der Waals surface area contributed by atoms with Crippen molar-refractivity contribution >= 4 is 23.2 Å². The van der Waals surface area contributed by atoms with Crippen molar-refractivity contribution in [2.24, 2.45) is 0 Å². The number of halogens is 3. The maximum absolute atomic E-state index is 13.4. The number of benzene rings is 1. The number of aliphatic hydroxyl groups excluding tert-OH is 1. The Labute approximate surface area is 117 Å². The molecule has 3 unspecified atom stereocenters. The molecule has 0 heterocycles. The minimum atomic E-state index is -0.479. The van der Waals surface area contributed by atoms with Gasteiger partial charge in [-0.1, -0.05) is 23.2 Å². The highest BCUT2D eigenvalue weighted by Gasteiger charge is 2.18. The smallest absolute Gasteiger partial charge is 0.142 e. The second-order valence-electron chi connectivity index (χ2n) is 4.63. The Balaban J connectivity index is 2.84. The van der Waals surface area contributed by atoms with Crippen molar-refractivity contribution in [2.75, 3.05) is 0 Å². The largest absolute Gasteiger partial charge is 0.393 e. The van der Waals surface area contributed by atoms with Crippen LogP contribution in [0.1, 0.15) is 38.8 Å². The molecule has 18 heavy (non-hydrogen) atoms. The molecule has 0 amide bonds. The summed E-state index contributed by atoms with van der Waals surface area (Å²) in [5.74, 6) is -0.479. The molecule has 0 spiro atoms. The van der Waals surface area contributed by atoms with E-state index in [-0.39, 0.29) is 17.1 Å². The Morgan fingerprint density at radius 3 is 2.44 bits per heavy atom. The molecule has 0 saturated heterocycles. The summed E-state index contributed by atoms with van der Waals surface area (Å²) in [4.78, 5) is 0. The van der Waals surface area contributed by atoms with Gasteiger partial charge in [-0.3, -0.25) is 0 Å². The lowest BCUT2D eigenvalue weighted by Gasteiger charge is -2.23. The van der Waals surface area contributed by atoms with E-state index in [0.717, 1.165) is 0 Å². The lowest BCUT2D eigenvalue weighted by atomic mass is 10.1. The van der Waals surface area contributed by atoms with Crippen molar-refractivity contribution in [3.8, 4) is 0 Å². The molecule has 1 rings (SSSR count). The summed E-state index contributed by atoms with van der Waals surface area (Å²) in [7, 11) is 0. The third kappa shape index (κ3) is 4.09. The molecule has 0 bridgehead atoms. The lowest BCUT2D eigenvalue weighted by molar-refractivity contribution is 0.168. The minimum Gasteiger partial charge on any atom is -0.393 e. The van der Waals surface area contributed by atoms with Gasteiger partial charge in [-0.2, -0.15) is 0 Å². The van der Waals surface area contributed by atoms with Gasteiger partial charge in [-0.15, -0.1) is 0 Å². The van der Waals surface area contributed by atoms with Crippen LogP contribution in [-0.4, -0.2) is 17.3 Å². The fraction of sp³-hybridized carbons (Fsp3) is 0.538. The van der Waals surface area contributed by atoms with E-state index in [2.05, 4.69) is 5.32 Å². The van der Waals surface area contributed by atoms with Crippen LogP contribution in [0.2, 0.25) is 10.0 Å². The molecule has 0 aliphatic carbocycles. The predicted molar refractivity (Wildman–Crippen MR) is 73.7 cm³/mol. The van der Waals surface area contributed by atoms with Crippen molar-refractivity contribution in [3.63, 3.8) is 0 Å². The summed E-state index contributed by atoms with van der Waals surface area (Å²) in [5, 5.41) is 13.0. The summed E-state index contributed by atoms with van der Waals surface area (Å²) in [6.07, 6.45) is 0.215. The quantitative estimate of drug-likeness (QED) is 0.806. The zero-order chi connectivity index (χ0) is 13.9. The van der Waals surface area contributed by atoms with Crippen LogP contribution in [0.4, 0.5) is 4.39 Å². The summed E-state index contributed by atoms with van der Waals surface area (Å²) in [5.41, 5.74) is 0.552. The molecule has 0 saturated carbocycles. The van der Waals surface area contributed by atoms with Crippen LogP contribution < -0.4 is 5.32 Å². The van der Waals surface area contributed by atoms with Gasteiger partial charge in [0.1, 0.15) is 5.82 Å². The van der Waals surface area contributed by atoms with Gasteiger partial charge in [0.15, 0.2) is 0 Å². The van der Waals surface area contributed by atoms with Gasteiger partial charge in [0.05, 0.1) is 11.1 Å². The first kappa shape index (κ1) is 15.7. The van der Waals surface area contributed by atoms with Crippen LogP contribution in [0.15, 0.2) is 12.1 Å². The van der Waals surface area contributed by atoms with E-state index in [1.807, 2.05) is 13.8 Å². The molecule has 2 nitrogen and oxygen atoms in total. The monoisotopic (exact) mass is 293 g/mol. The number of aliphatic hydroxyl groups is 1. The first-order valence-corrected chi connectivity index (χ1v) is 6.66. The van der Waals surface area contributed by atoms with Crippen LogP contribution >= 0.6 is 23.2 Å². The molecule has 0 aromatic heterocycles. The number of hydrogen-bond acceptors (Lipinski definition) is 2. The Morgan fingerprint density at radius 2 is 1.89 bits per heavy atom. The van der Waals surface area contributed by atoms with Crippen LogP contribution in [0.3, 0.4) is 0 Å². The molecular formula is C13H18Cl2FNO. The average molecular weight is 294 g/mol. The summed E-state index contributed by atoms with van der Waals surface area (Å²) >= 11 is 12.0. The average Bonchev–Trinajstić information content (AvgIpc) is 2.22. The first-order chi connectivity index (χ1) is 8.32. The van der Waals surface area contributed by atoms with Crippen molar-refractivity contribution in [2.45, 2.75) is 45.4 Å². The molecule has 0 aliphatic rings. The fourth-order valence-corrected chi connectivity index (χ4v) is 2.73. The number of nitrogens with one attached hydrogen (secondary N) is 1. The van der Waals surface area contributed by atoms with E-state index in [1.54, 1.807) is 6.92 Å². The molecule has 102 valence electrons. The van der Waals surface area contributed by atoms with Gasteiger partial charge in [-0.05, 0) is 39.3 Å². The van der Waals surface area contributed by atoms with Crippen LogP contribution in [0, 0.1) is 5.82 Å². The van der Waals surface area contributed by atoms with Gasteiger partial charge < -0.3 is 10.4 Å². The molecule has 2 N–H and O–H groups in total. The molecule has 5 heteroatoms. The molecule has 0 radical (unpaired) electrons. The van der Waals surface area contributed by atoms with Crippen molar-refractivity contribution in [1.29, 1.82) is 0 Å². The van der Waals surface area contributed by atoms with Gasteiger partial charge in [0.25, 0.3) is 0 Å². The highest BCUT2D eigenvalue weighted by Crippen LogP contribution is 2.32. The van der Waals surface area contributed by atoms with E-state index in [1.165, 1.54) is 12.1 Å². The maximum Gasteiger partial charge on any atom is 0.142 e. The Hall–Kier alpha value is -0.350. The molecule has 3 atom stereocenters. The predicted octanol–water partition coefficient (Wildman–Crippen LogP) is 3.94. The van der Waals surface area contributed by atoms with Crippen LogP contribution in [0.25, 0.3) is 0 Å². The van der Waals surface area contributed by atoms with Gasteiger partial charge in [0, 0.05) is 22.7 Å². The van der Waals surface area contributed by atoms with Crippen molar-refractivity contribution in [1.82, 2.24) is 5.32 Å². The second kappa shape index (κ2) is 6.71. The topological polar surface area (TPSA) is 32.3 Å². The van der Waals surface area contributed by atoms with Gasteiger partial charge in [0.2, 0.25) is 0 Å². The Kier molecular flexibility index (Phi) is 5.86. The summed E-state index contributed by atoms with van der Waals surface area (Å²) in [6, 6.07) is 2.64. The Morgan fingerprint density at radius 1 is 1.28 bits per heavy atom. The second-order valence-corrected chi connectivity index (χ2v) is 5.42. The third-order valence-electron chi connectivity index (χ3n) is 2.74. The third-order valence-corrected chi connectivity index (χ3v) is 3.46. The van der Waals surface area contributed by atoms with E-state index >= 15 is 0 Å². The van der Waals surface area contributed by atoms with E-state index < -0.39 is 11.9 Å². The Bertz CT molecular complexity index is 412. The molecular weight excluding hydrogens is 276 g/mol. The highest BCUT2D eigenvalue weighted by molar-refractivity contribution is 6.36. The standard InChI is InChI=1S/C13H18Cl2FNO/c1-7(6-8(2)18)17-9(3)12-10(14)4-5-11(16)13(12)15/h4-5,7-9,17-18H,6H2,1-3H3. The first-order valence-electron chi connectivity index (χ1n) is 5.90. The SMILES string of the molecule is CC(O)CC(C)NC(C)c1c(Cl)ccc(F)c1Cl. The van der Waals surface area contributed by atoms with Gasteiger partial charge >= 0.3 is 0 Å². The van der Waals surface area contributed by atoms with Gasteiger partial charge in [-0.25, -0.2) is 4.39 Å². The van der Waals surface area contributed by atoms with Crippen molar-refractivity contribution in [3.05, 3.63) is 33.6 Å². The molecule has 0 fully saturated rings. The minimum absolute atomic E-state index is 0.0479. The number of rotatable bonds is 5. The fourth-order valence-electron chi connectivity index (χ4n) is 2.03. The summed E-state index contributed by atoms with van der Waals surface area (Å²) in [6.45, 7) is 5.54.